The molecule has 0 radical (unpaired) electrons. The molecular weight excluding hydrogens is 278 g/mol. The van der Waals surface area contributed by atoms with Gasteiger partial charge in [-0.05, 0) is 30.9 Å². The van der Waals surface area contributed by atoms with Crippen molar-refractivity contribution in [2.24, 2.45) is 0 Å². The summed E-state index contributed by atoms with van der Waals surface area (Å²) in [5.41, 5.74) is 1.78. The van der Waals surface area contributed by atoms with E-state index >= 15 is 0 Å². The first-order chi connectivity index (χ1) is 10.5. The van der Waals surface area contributed by atoms with Gasteiger partial charge in [-0.3, -0.25) is 9.59 Å². The van der Waals surface area contributed by atoms with Crippen LogP contribution in [0.3, 0.4) is 0 Å². The zero-order valence-electron chi connectivity index (χ0n) is 13.5. The highest BCUT2D eigenvalue weighted by molar-refractivity contribution is 5.89. The Morgan fingerprint density at radius 1 is 1.18 bits per heavy atom. The van der Waals surface area contributed by atoms with Crippen molar-refractivity contribution in [3.05, 3.63) is 35.4 Å². The molecule has 1 N–H and O–H groups in total. The molecule has 120 valence electrons. The quantitative estimate of drug-likeness (QED) is 0.909. The number of carboxylic acids is 1. The van der Waals surface area contributed by atoms with Crippen molar-refractivity contribution in [2.75, 3.05) is 13.6 Å². The zero-order chi connectivity index (χ0) is 16.2. The largest absolute Gasteiger partial charge is 0.481 e. The number of amides is 1. The van der Waals surface area contributed by atoms with Gasteiger partial charge in [-0.15, -0.1) is 0 Å². The lowest BCUT2D eigenvalue weighted by Crippen LogP contribution is -2.47. The molecule has 4 nitrogen and oxygen atoms in total. The van der Waals surface area contributed by atoms with Gasteiger partial charge in [-0.2, -0.15) is 0 Å². The molecule has 4 heteroatoms. The molecule has 0 aromatic heterocycles. The number of aryl methyl sites for hydroxylation is 1. The number of carbonyl (C=O) groups excluding carboxylic acids is 1. The Bertz CT molecular complexity index is 547. The lowest BCUT2D eigenvalue weighted by Gasteiger charge is -2.40. The van der Waals surface area contributed by atoms with E-state index in [0.717, 1.165) is 36.8 Å². The van der Waals surface area contributed by atoms with Gasteiger partial charge in [0.15, 0.2) is 0 Å². The van der Waals surface area contributed by atoms with Crippen molar-refractivity contribution in [3.63, 3.8) is 0 Å². The van der Waals surface area contributed by atoms with Crippen LogP contribution in [0, 0.1) is 6.92 Å². The number of rotatable bonds is 5. The minimum Gasteiger partial charge on any atom is -0.481 e. The third-order valence-electron chi connectivity index (χ3n) is 4.78. The molecule has 1 aromatic rings. The Hall–Kier alpha value is -1.84. The number of carbonyl (C=O) groups is 2. The molecular formula is C18H25NO3. The van der Waals surface area contributed by atoms with E-state index in [9.17, 15) is 9.59 Å². The second-order valence-electron chi connectivity index (χ2n) is 6.33. The average molecular weight is 303 g/mol. The molecule has 1 aliphatic rings. The van der Waals surface area contributed by atoms with Gasteiger partial charge in [-0.25, -0.2) is 0 Å². The van der Waals surface area contributed by atoms with Gasteiger partial charge in [0.1, 0.15) is 0 Å². The number of hydrogen-bond donors (Lipinski definition) is 1. The minimum atomic E-state index is -0.867. The molecule has 1 amide bonds. The second-order valence-corrected chi connectivity index (χ2v) is 6.33. The molecule has 1 aromatic carbocycles. The predicted molar refractivity (Wildman–Crippen MR) is 85.8 cm³/mol. The van der Waals surface area contributed by atoms with E-state index in [0.29, 0.717) is 0 Å². The third kappa shape index (κ3) is 3.32. The SMILES string of the molecule is Cc1ccccc1C1(C(=O)N(C)CCC(=O)O)CCCCC1. The van der Waals surface area contributed by atoms with Gasteiger partial charge in [0.2, 0.25) is 5.91 Å². The smallest absolute Gasteiger partial charge is 0.305 e. The van der Waals surface area contributed by atoms with Gasteiger partial charge >= 0.3 is 5.97 Å². The summed E-state index contributed by atoms with van der Waals surface area (Å²) < 4.78 is 0. The summed E-state index contributed by atoms with van der Waals surface area (Å²) >= 11 is 0. The average Bonchev–Trinajstić information content (AvgIpc) is 2.53. The van der Waals surface area contributed by atoms with Gasteiger partial charge < -0.3 is 10.0 Å². The molecule has 0 heterocycles. The molecule has 0 spiro atoms. The van der Waals surface area contributed by atoms with Crippen molar-refractivity contribution in [1.82, 2.24) is 4.90 Å². The van der Waals surface area contributed by atoms with Crippen molar-refractivity contribution >= 4 is 11.9 Å². The number of hydrogen-bond acceptors (Lipinski definition) is 2. The van der Waals surface area contributed by atoms with Crippen LogP contribution in [0.25, 0.3) is 0 Å². The van der Waals surface area contributed by atoms with E-state index in [1.165, 1.54) is 6.42 Å². The number of benzene rings is 1. The second kappa shape index (κ2) is 6.95. The molecule has 0 aliphatic heterocycles. The van der Waals surface area contributed by atoms with E-state index in [1.807, 2.05) is 12.1 Å². The van der Waals surface area contributed by atoms with Crippen LogP contribution in [0.4, 0.5) is 0 Å². The van der Waals surface area contributed by atoms with Gasteiger partial charge in [-0.1, -0.05) is 43.5 Å². The fraction of sp³-hybridized carbons (Fsp3) is 0.556. The summed E-state index contributed by atoms with van der Waals surface area (Å²) in [7, 11) is 1.72. The lowest BCUT2D eigenvalue weighted by molar-refractivity contribution is -0.140. The Kier molecular flexibility index (Phi) is 5.22. The summed E-state index contributed by atoms with van der Waals surface area (Å²) in [4.78, 5) is 25.5. The van der Waals surface area contributed by atoms with Crippen LogP contribution in [0.1, 0.15) is 49.7 Å². The number of likely N-dealkylation sites (N-methyl/N-ethyl adjacent to an activating group) is 1. The van der Waals surface area contributed by atoms with Crippen molar-refractivity contribution < 1.29 is 14.7 Å². The Morgan fingerprint density at radius 2 is 1.82 bits per heavy atom. The zero-order valence-corrected chi connectivity index (χ0v) is 13.5. The van der Waals surface area contributed by atoms with Crippen LogP contribution in [-0.2, 0) is 15.0 Å². The van der Waals surface area contributed by atoms with Crippen LogP contribution >= 0.6 is 0 Å². The highest BCUT2D eigenvalue weighted by Gasteiger charge is 2.43. The Balaban J connectivity index is 2.31. The van der Waals surface area contributed by atoms with Gasteiger partial charge in [0.25, 0.3) is 0 Å². The van der Waals surface area contributed by atoms with E-state index in [-0.39, 0.29) is 18.9 Å². The van der Waals surface area contributed by atoms with E-state index in [1.54, 1.807) is 11.9 Å². The molecule has 22 heavy (non-hydrogen) atoms. The van der Waals surface area contributed by atoms with Crippen LogP contribution < -0.4 is 0 Å². The topological polar surface area (TPSA) is 57.6 Å². The summed E-state index contributed by atoms with van der Waals surface area (Å²) in [5, 5.41) is 8.84. The molecule has 1 aliphatic carbocycles. The predicted octanol–water partition coefficient (Wildman–Crippen LogP) is 3.13. The summed E-state index contributed by atoms with van der Waals surface area (Å²) in [6, 6.07) is 8.09. The van der Waals surface area contributed by atoms with Crippen molar-refractivity contribution in [2.45, 2.75) is 50.9 Å². The Morgan fingerprint density at radius 3 is 2.41 bits per heavy atom. The highest BCUT2D eigenvalue weighted by Crippen LogP contribution is 2.42. The maximum atomic E-state index is 13.1. The van der Waals surface area contributed by atoms with Crippen LogP contribution in [0.2, 0.25) is 0 Å². The van der Waals surface area contributed by atoms with Crippen LogP contribution in [0.15, 0.2) is 24.3 Å². The lowest BCUT2D eigenvalue weighted by atomic mass is 9.67. The number of carboxylic acid groups (broad SMARTS) is 1. The summed E-state index contributed by atoms with van der Waals surface area (Å²) in [5.74, 6) is -0.795. The number of nitrogens with zero attached hydrogens (tertiary/aromatic N) is 1. The molecule has 1 saturated carbocycles. The van der Waals surface area contributed by atoms with Crippen molar-refractivity contribution in [1.29, 1.82) is 0 Å². The monoisotopic (exact) mass is 303 g/mol. The van der Waals surface area contributed by atoms with Crippen LogP contribution in [0.5, 0.6) is 0 Å². The first-order valence-corrected chi connectivity index (χ1v) is 8.01. The molecule has 0 saturated heterocycles. The molecule has 0 unspecified atom stereocenters. The van der Waals surface area contributed by atoms with Gasteiger partial charge in [0.05, 0.1) is 11.8 Å². The first-order valence-electron chi connectivity index (χ1n) is 8.01. The highest BCUT2D eigenvalue weighted by atomic mass is 16.4. The maximum absolute atomic E-state index is 13.1. The van der Waals surface area contributed by atoms with Crippen molar-refractivity contribution in [3.8, 4) is 0 Å². The molecule has 0 atom stereocenters. The first kappa shape index (κ1) is 16.5. The summed E-state index contributed by atoms with van der Waals surface area (Å²) in [6.07, 6.45) is 4.97. The molecule has 2 rings (SSSR count). The van der Waals surface area contributed by atoms with Crippen LogP contribution in [-0.4, -0.2) is 35.5 Å². The van der Waals surface area contributed by atoms with E-state index < -0.39 is 11.4 Å². The maximum Gasteiger partial charge on any atom is 0.305 e. The third-order valence-corrected chi connectivity index (χ3v) is 4.78. The molecule has 0 bridgehead atoms. The normalized spacial score (nSPS) is 17.0. The molecule has 1 fully saturated rings. The van der Waals surface area contributed by atoms with Gasteiger partial charge in [0, 0.05) is 13.6 Å². The van der Waals surface area contributed by atoms with E-state index in [2.05, 4.69) is 19.1 Å². The fourth-order valence-corrected chi connectivity index (χ4v) is 3.59. The summed E-state index contributed by atoms with van der Waals surface area (Å²) in [6.45, 7) is 2.32. The fourth-order valence-electron chi connectivity index (χ4n) is 3.59. The standard InChI is InChI=1S/C18H25NO3/c1-14-8-4-5-9-15(14)18(11-6-3-7-12-18)17(22)19(2)13-10-16(20)21/h4-5,8-9H,3,6-7,10-13H2,1-2H3,(H,20,21). The number of aliphatic carboxylic acids is 1. The van der Waals surface area contributed by atoms with E-state index in [4.69, 9.17) is 5.11 Å². The Labute approximate surface area is 132 Å². The minimum absolute atomic E-state index is 0.00785.